The molecule has 0 radical (unpaired) electrons. The first-order valence-corrected chi connectivity index (χ1v) is 6.28. The number of methoxy groups -OCH3 is 1. The Balaban J connectivity index is 1.87. The van der Waals surface area contributed by atoms with Crippen molar-refractivity contribution in [3.05, 3.63) is 52.5 Å². The van der Waals surface area contributed by atoms with Crippen molar-refractivity contribution in [1.29, 1.82) is 0 Å². The van der Waals surface area contributed by atoms with E-state index >= 15 is 0 Å². The maximum Gasteiger partial charge on any atom is 0.328 e. The standard InChI is InChI=1S/C14H15FN2O2/c1-19-12-5-2-10(13(15)8-12)9-16-6-7-17(14(16)18)11-3-4-11/h2,5-8,11H,3-4,9H2,1H3. The molecule has 1 fully saturated rings. The Bertz CT molecular complexity index is 656. The molecule has 0 aliphatic heterocycles. The Morgan fingerprint density at radius 3 is 2.79 bits per heavy atom. The third-order valence-electron chi connectivity index (χ3n) is 3.41. The normalized spacial score (nSPS) is 14.6. The van der Waals surface area contributed by atoms with E-state index in [9.17, 15) is 9.18 Å². The van der Waals surface area contributed by atoms with Crippen LogP contribution in [0.4, 0.5) is 4.39 Å². The van der Waals surface area contributed by atoms with Crippen LogP contribution in [0.3, 0.4) is 0 Å². The van der Waals surface area contributed by atoms with Crippen molar-refractivity contribution in [2.75, 3.05) is 7.11 Å². The van der Waals surface area contributed by atoms with E-state index < -0.39 is 0 Å². The largest absolute Gasteiger partial charge is 0.497 e. The predicted molar refractivity (Wildman–Crippen MR) is 69.0 cm³/mol. The van der Waals surface area contributed by atoms with Gasteiger partial charge in [0.05, 0.1) is 13.7 Å². The fourth-order valence-electron chi connectivity index (χ4n) is 2.15. The summed E-state index contributed by atoms with van der Waals surface area (Å²) in [6, 6.07) is 5.02. The van der Waals surface area contributed by atoms with Gasteiger partial charge >= 0.3 is 5.69 Å². The van der Waals surface area contributed by atoms with E-state index in [-0.39, 0.29) is 18.1 Å². The van der Waals surface area contributed by atoms with Crippen LogP contribution in [0.25, 0.3) is 0 Å². The fraction of sp³-hybridized carbons (Fsp3) is 0.357. The molecule has 4 nitrogen and oxygen atoms in total. The van der Waals surface area contributed by atoms with Crippen molar-refractivity contribution >= 4 is 0 Å². The maximum absolute atomic E-state index is 13.8. The van der Waals surface area contributed by atoms with Gasteiger partial charge in [0.2, 0.25) is 0 Å². The number of nitrogens with zero attached hydrogens (tertiary/aromatic N) is 2. The molecule has 0 bridgehead atoms. The predicted octanol–water partition coefficient (Wildman–Crippen LogP) is 2.18. The number of rotatable bonds is 4. The Morgan fingerprint density at radius 1 is 1.37 bits per heavy atom. The lowest BCUT2D eigenvalue weighted by molar-refractivity contribution is 0.410. The average molecular weight is 262 g/mol. The fourth-order valence-corrected chi connectivity index (χ4v) is 2.15. The minimum atomic E-state index is -0.356. The van der Waals surface area contributed by atoms with E-state index in [1.807, 2.05) is 0 Å². The topological polar surface area (TPSA) is 36.2 Å². The zero-order valence-corrected chi connectivity index (χ0v) is 10.7. The lowest BCUT2D eigenvalue weighted by atomic mass is 10.2. The molecule has 100 valence electrons. The van der Waals surface area contributed by atoms with E-state index in [1.165, 1.54) is 17.7 Å². The van der Waals surface area contributed by atoms with Crippen LogP contribution < -0.4 is 10.4 Å². The number of aromatic nitrogens is 2. The summed E-state index contributed by atoms with van der Waals surface area (Å²) >= 11 is 0. The van der Waals surface area contributed by atoms with E-state index in [2.05, 4.69) is 0 Å². The van der Waals surface area contributed by atoms with E-state index in [0.29, 0.717) is 17.4 Å². The second-order valence-corrected chi connectivity index (χ2v) is 4.80. The summed E-state index contributed by atoms with van der Waals surface area (Å²) < 4.78 is 22.0. The zero-order chi connectivity index (χ0) is 13.4. The first kappa shape index (κ1) is 12.0. The van der Waals surface area contributed by atoms with Gasteiger partial charge in [0, 0.05) is 30.1 Å². The molecule has 1 aromatic carbocycles. The van der Waals surface area contributed by atoms with Crippen LogP contribution in [-0.4, -0.2) is 16.2 Å². The first-order chi connectivity index (χ1) is 9.19. The van der Waals surface area contributed by atoms with Gasteiger partial charge in [0.1, 0.15) is 11.6 Å². The van der Waals surface area contributed by atoms with Crippen LogP contribution in [0.1, 0.15) is 24.4 Å². The molecule has 1 aliphatic rings. The molecule has 3 rings (SSSR count). The highest BCUT2D eigenvalue weighted by molar-refractivity contribution is 5.29. The second-order valence-electron chi connectivity index (χ2n) is 4.80. The second kappa shape index (κ2) is 4.57. The quantitative estimate of drug-likeness (QED) is 0.846. The summed E-state index contributed by atoms with van der Waals surface area (Å²) in [7, 11) is 1.49. The van der Waals surface area contributed by atoms with Crippen molar-refractivity contribution in [2.24, 2.45) is 0 Å². The summed E-state index contributed by atoms with van der Waals surface area (Å²) in [5.74, 6) is 0.120. The molecule has 0 saturated heterocycles. The Hall–Kier alpha value is -2.04. The molecule has 0 N–H and O–H groups in total. The number of benzene rings is 1. The summed E-state index contributed by atoms with van der Waals surface area (Å²) in [5, 5.41) is 0. The van der Waals surface area contributed by atoms with E-state index in [4.69, 9.17) is 4.74 Å². The van der Waals surface area contributed by atoms with Gasteiger partial charge in [-0.1, -0.05) is 6.07 Å². The van der Waals surface area contributed by atoms with Crippen LogP contribution in [0.5, 0.6) is 5.75 Å². The smallest absolute Gasteiger partial charge is 0.328 e. The summed E-state index contributed by atoms with van der Waals surface area (Å²) in [6.07, 6.45) is 5.60. The first-order valence-electron chi connectivity index (χ1n) is 6.28. The van der Waals surface area contributed by atoms with Crippen LogP contribution in [0, 0.1) is 5.82 Å². The van der Waals surface area contributed by atoms with E-state index in [0.717, 1.165) is 12.8 Å². The van der Waals surface area contributed by atoms with Crippen molar-refractivity contribution in [3.63, 3.8) is 0 Å². The molecular formula is C14H15FN2O2. The van der Waals surface area contributed by atoms with E-state index in [1.54, 1.807) is 29.1 Å². The van der Waals surface area contributed by atoms with Crippen LogP contribution in [0.15, 0.2) is 35.4 Å². The molecule has 0 spiro atoms. The molecule has 0 unspecified atom stereocenters. The summed E-state index contributed by atoms with van der Waals surface area (Å²) in [4.78, 5) is 12.1. The Kier molecular flexibility index (Phi) is 2.89. The number of hydrogen-bond acceptors (Lipinski definition) is 2. The molecule has 0 amide bonds. The molecule has 1 heterocycles. The molecule has 1 aliphatic carbocycles. The lowest BCUT2D eigenvalue weighted by Gasteiger charge is -2.06. The number of ether oxygens (including phenoxy) is 1. The van der Waals surface area contributed by atoms with Gasteiger partial charge in [-0.25, -0.2) is 9.18 Å². The SMILES string of the molecule is COc1ccc(Cn2ccn(C3CC3)c2=O)c(F)c1. The van der Waals surface area contributed by atoms with Gasteiger partial charge in [0.15, 0.2) is 0 Å². The number of hydrogen-bond donors (Lipinski definition) is 0. The minimum absolute atomic E-state index is 0.0716. The van der Waals surface area contributed by atoms with Crippen molar-refractivity contribution in [3.8, 4) is 5.75 Å². The molecule has 2 aromatic rings. The van der Waals surface area contributed by atoms with Crippen LogP contribution in [0.2, 0.25) is 0 Å². The highest BCUT2D eigenvalue weighted by Gasteiger charge is 2.25. The van der Waals surface area contributed by atoms with Crippen LogP contribution in [-0.2, 0) is 6.54 Å². The van der Waals surface area contributed by atoms with Gasteiger partial charge in [-0.3, -0.25) is 9.13 Å². The van der Waals surface area contributed by atoms with Gasteiger partial charge in [0.25, 0.3) is 0 Å². The van der Waals surface area contributed by atoms with Gasteiger partial charge < -0.3 is 4.74 Å². The molecule has 19 heavy (non-hydrogen) atoms. The van der Waals surface area contributed by atoms with Gasteiger partial charge in [-0.15, -0.1) is 0 Å². The molecule has 0 atom stereocenters. The summed E-state index contributed by atoms with van der Waals surface area (Å²) in [5.41, 5.74) is 0.411. The molecule has 1 aromatic heterocycles. The third kappa shape index (κ3) is 2.28. The van der Waals surface area contributed by atoms with Crippen molar-refractivity contribution in [1.82, 2.24) is 9.13 Å². The average Bonchev–Trinajstić information content (AvgIpc) is 3.18. The molecule has 1 saturated carbocycles. The van der Waals surface area contributed by atoms with Crippen molar-refractivity contribution < 1.29 is 9.13 Å². The number of halogens is 1. The highest BCUT2D eigenvalue weighted by Crippen LogP contribution is 2.33. The van der Waals surface area contributed by atoms with Gasteiger partial charge in [-0.2, -0.15) is 0 Å². The minimum Gasteiger partial charge on any atom is -0.497 e. The van der Waals surface area contributed by atoms with Crippen molar-refractivity contribution in [2.45, 2.75) is 25.4 Å². The van der Waals surface area contributed by atoms with Gasteiger partial charge in [-0.05, 0) is 18.9 Å². The molecule has 5 heteroatoms. The molecular weight excluding hydrogens is 247 g/mol. The monoisotopic (exact) mass is 262 g/mol. The third-order valence-corrected chi connectivity index (χ3v) is 3.41. The Morgan fingerprint density at radius 2 is 2.16 bits per heavy atom. The highest BCUT2D eigenvalue weighted by atomic mass is 19.1. The van der Waals surface area contributed by atoms with Crippen LogP contribution >= 0.6 is 0 Å². The lowest BCUT2D eigenvalue weighted by Crippen LogP contribution is -2.24. The number of imidazole rings is 1. The summed E-state index contributed by atoms with van der Waals surface area (Å²) in [6.45, 7) is 0.244. The zero-order valence-electron chi connectivity index (χ0n) is 10.7. The maximum atomic E-state index is 13.8. The Labute approximate surface area is 110 Å².